The van der Waals surface area contributed by atoms with E-state index < -0.39 is 11.8 Å². The summed E-state index contributed by atoms with van der Waals surface area (Å²) >= 11 is 0. The molecule has 2 aromatic carbocycles. The van der Waals surface area contributed by atoms with Crippen LogP contribution in [0.15, 0.2) is 42.5 Å². The molecule has 1 N–H and O–H groups in total. The Hall–Kier alpha value is -2.89. The second-order valence-corrected chi connectivity index (χ2v) is 6.75. The highest BCUT2D eigenvalue weighted by atomic mass is 19.1. The van der Waals surface area contributed by atoms with Gasteiger partial charge in [0, 0.05) is 13.1 Å². The van der Waals surface area contributed by atoms with Gasteiger partial charge in [-0.1, -0.05) is 18.2 Å². The van der Waals surface area contributed by atoms with Gasteiger partial charge in [-0.25, -0.2) is 9.18 Å². The van der Waals surface area contributed by atoms with Crippen LogP contribution in [0.25, 0.3) is 0 Å². The number of aromatic carboxylic acids is 1. The summed E-state index contributed by atoms with van der Waals surface area (Å²) in [6.07, 6.45) is 2.22. The number of carboxylic acid groups (broad SMARTS) is 1. The predicted octanol–water partition coefficient (Wildman–Crippen LogP) is 3.63. The number of hydrogen-bond donors (Lipinski definition) is 1. The van der Waals surface area contributed by atoms with Gasteiger partial charge >= 0.3 is 5.97 Å². The summed E-state index contributed by atoms with van der Waals surface area (Å²) in [6.45, 7) is 1.11. The summed E-state index contributed by atoms with van der Waals surface area (Å²) in [5.74, 6) is -0.964. The Morgan fingerprint density at radius 1 is 1.15 bits per heavy atom. The molecule has 1 saturated heterocycles. The Kier molecular flexibility index (Phi) is 5.74. The quantitative estimate of drug-likeness (QED) is 0.872. The van der Waals surface area contributed by atoms with Gasteiger partial charge in [0.1, 0.15) is 11.6 Å². The third-order valence-electron chi connectivity index (χ3n) is 5.05. The lowest BCUT2D eigenvalue weighted by molar-refractivity contribution is 0.0686. The first-order valence-corrected chi connectivity index (χ1v) is 8.93. The summed E-state index contributed by atoms with van der Waals surface area (Å²) < 4.78 is 18.7. The SMILES string of the molecule is COc1ccc(F)cc1C(=O)N1CCC(Cc2ccccc2C(=O)O)CC1. The van der Waals surface area contributed by atoms with E-state index in [2.05, 4.69) is 0 Å². The van der Waals surface area contributed by atoms with Crippen LogP contribution in [0, 0.1) is 11.7 Å². The number of methoxy groups -OCH3 is 1. The first-order valence-electron chi connectivity index (χ1n) is 8.93. The molecule has 0 spiro atoms. The summed E-state index contributed by atoms with van der Waals surface area (Å²) in [5, 5.41) is 9.31. The number of piperidine rings is 1. The van der Waals surface area contributed by atoms with Crippen LogP contribution in [0.5, 0.6) is 5.75 Å². The summed E-state index contributed by atoms with van der Waals surface area (Å²) in [7, 11) is 1.45. The minimum Gasteiger partial charge on any atom is -0.496 e. The number of ether oxygens (including phenoxy) is 1. The molecule has 27 heavy (non-hydrogen) atoms. The molecular formula is C21H22FNO4. The van der Waals surface area contributed by atoms with Gasteiger partial charge in [-0.15, -0.1) is 0 Å². The van der Waals surface area contributed by atoms with Crippen LogP contribution in [0.4, 0.5) is 4.39 Å². The Morgan fingerprint density at radius 3 is 2.52 bits per heavy atom. The molecule has 1 fully saturated rings. The van der Waals surface area contributed by atoms with Crippen LogP contribution in [0.1, 0.15) is 39.1 Å². The van der Waals surface area contributed by atoms with Gasteiger partial charge in [-0.2, -0.15) is 0 Å². The summed E-state index contributed by atoms with van der Waals surface area (Å²) in [4.78, 5) is 25.8. The highest BCUT2D eigenvalue weighted by Gasteiger charge is 2.26. The molecule has 0 radical (unpaired) electrons. The van der Waals surface area contributed by atoms with Crippen molar-refractivity contribution in [3.8, 4) is 5.75 Å². The molecule has 0 aliphatic carbocycles. The lowest BCUT2D eigenvalue weighted by Gasteiger charge is -2.32. The average Bonchev–Trinajstić information content (AvgIpc) is 2.68. The molecule has 5 nitrogen and oxygen atoms in total. The Balaban J connectivity index is 1.65. The van der Waals surface area contributed by atoms with Crippen LogP contribution in [0.3, 0.4) is 0 Å². The molecular weight excluding hydrogens is 349 g/mol. The van der Waals surface area contributed by atoms with Crippen LogP contribution >= 0.6 is 0 Å². The molecule has 0 saturated carbocycles. The highest BCUT2D eigenvalue weighted by Crippen LogP contribution is 2.27. The van der Waals surface area contributed by atoms with E-state index in [0.29, 0.717) is 36.7 Å². The van der Waals surface area contributed by atoms with Crippen molar-refractivity contribution < 1.29 is 23.8 Å². The third kappa shape index (κ3) is 4.27. The number of benzene rings is 2. The number of carbonyl (C=O) groups excluding carboxylic acids is 1. The lowest BCUT2D eigenvalue weighted by Crippen LogP contribution is -2.39. The van der Waals surface area contributed by atoms with Crippen LogP contribution in [0.2, 0.25) is 0 Å². The minimum atomic E-state index is -0.920. The zero-order valence-electron chi connectivity index (χ0n) is 15.2. The molecule has 1 heterocycles. The number of hydrogen-bond acceptors (Lipinski definition) is 3. The number of amides is 1. The van der Waals surface area contributed by atoms with Crippen molar-refractivity contribution in [1.29, 1.82) is 0 Å². The first-order chi connectivity index (χ1) is 13.0. The molecule has 1 aliphatic heterocycles. The minimum absolute atomic E-state index is 0.229. The smallest absolute Gasteiger partial charge is 0.335 e. The molecule has 3 rings (SSSR count). The van der Waals surface area contributed by atoms with Gasteiger partial charge in [0.15, 0.2) is 0 Å². The van der Waals surface area contributed by atoms with Gasteiger partial charge in [-0.05, 0) is 55.0 Å². The second-order valence-electron chi connectivity index (χ2n) is 6.75. The lowest BCUT2D eigenvalue weighted by atomic mass is 9.88. The zero-order valence-corrected chi connectivity index (χ0v) is 15.2. The monoisotopic (exact) mass is 371 g/mol. The van der Waals surface area contributed by atoms with Crippen molar-refractivity contribution in [1.82, 2.24) is 4.90 Å². The van der Waals surface area contributed by atoms with Crippen molar-refractivity contribution in [2.24, 2.45) is 5.92 Å². The predicted molar refractivity (Wildman–Crippen MR) is 98.7 cm³/mol. The molecule has 0 unspecified atom stereocenters. The van der Waals surface area contributed by atoms with Crippen LogP contribution < -0.4 is 4.74 Å². The molecule has 142 valence electrons. The Morgan fingerprint density at radius 2 is 1.85 bits per heavy atom. The maximum atomic E-state index is 13.5. The van der Waals surface area contributed by atoms with Crippen molar-refractivity contribution in [2.75, 3.05) is 20.2 Å². The Bertz CT molecular complexity index is 844. The standard InChI is InChI=1S/C21H22FNO4/c1-27-19-7-6-16(22)13-18(19)20(24)23-10-8-14(9-11-23)12-15-4-2-3-5-17(15)21(25)26/h2-7,13-14H,8-12H2,1H3,(H,25,26). The normalized spacial score (nSPS) is 14.8. The fourth-order valence-corrected chi connectivity index (χ4v) is 3.58. The van der Waals surface area contributed by atoms with Crippen LogP contribution in [-0.2, 0) is 6.42 Å². The van der Waals surface area contributed by atoms with Crippen molar-refractivity contribution in [2.45, 2.75) is 19.3 Å². The van der Waals surface area contributed by atoms with E-state index in [-0.39, 0.29) is 11.5 Å². The first kappa shape index (κ1) is 18.9. The van der Waals surface area contributed by atoms with E-state index in [1.54, 1.807) is 17.0 Å². The maximum absolute atomic E-state index is 13.5. The number of carbonyl (C=O) groups is 2. The number of likely N-dealkylation sites (tertiary alicyclic amines) is 1. The van der Waals surface area contributed by atoms with E-state index >= 15 is 0 Å². The van der Waals surface area contributed by atoms with Gasteiger partial charge in [0.25, 0.3) is 5.91 Å². The fraction of sp³-hybridized carbons (Fsp3) is 0.333. The van der Waals surface area contributed by atoms with Crippen molar-refractivity contribution in [3.05, 3.63) is 65.0 Å². The molecule has 1 aliphatic rings. The Labute approximate surface area is 157 Å². The second kappa shape index (κ2) is 8.20. The van der Waals surface area contributed by atoms with Gasteiger partial charge in [-0.3, -0.25) is 4.79 Å². The largest absolute Gasteiger partial charge is 0.496 e. The summed E-state index contributed by atoms with van der Waals surface area (Å²) in [5.41, 5.74) is 1.38. The van der Waals surface area contributed by atoms with E-state index in [1.165, 1.54) is 25.3 Å². The van der Waals surface area contributed by atoms with Gasteiger partial charge in [0.2, 0.25) is 0 Å². The number of rotatable bonds is 5. The highest BCUT2D eigenvalue weighted by molar-refractivity contribution is 5.97. The van der Waals surface area contributed by atoms with Crippen molar-refractivity contribution in [3.63, 3.8) is 0 Å². The number of halogens is 1. The topological polar surface area (TPSA) is 66.8 Å². The van der Waals surface area contributed by atoms with Crippen molar-refractivity contribution >= 4 is 11.9 Å². The average molecular weight is 371 g/mol. The molecule has 0 aromatic heterocycles. The fourth-order valence-electron chi connectivity index (χ4n) is 3.58. The maximum Gasteiger partial charge on any atom is 0.335 e. The molecule has 0 atom stereocenters. The van der Waals surface area contributed by atoms with E-state index in [9.17, 15) is 19.1 Å². The molecule has 2 aromatic rings. The van der Waals surface area contributed by atoms with Gasteiger partial charge < -0.3 is 14.7 Å². The summed E-state index contributed by atoms with van der Waals surface area (Å²) in [6, 6.07) is 11.0. The number of nitrogens with zero attached hydrogens (tertiary/aromatic N) is 1. The van der Waals surface area contributed by atoms with Gasteiger partial charge in [0.05, 0.1) is 18.2 Å². The number of carboxylic acids is 1. The molecule has 0 bridgehead atoms. The van der Waals surface area contributed by atoms with Crippen LogP contribution in [-0.4, -0.2) is 42.1 Å². The van der Waals surface area contributed by atoms with E-state index in [1.807, 2.05) is 12.1 Å². The van der Waals surface area contributed by atoms with E-state index in [4.69, 9.17) is 4.74 Å². The molecule has 1 amide bonds. The molecule has 6 heteroatoms. The third-order valence-corrected chi connectivity index (χ3v) is 5.05. The zero-order chi connectivity index (χ0) is 19.4. The van der Waals surface area contributed by atoms with E-state index in [0.717, 1.165) is 18.4 Å².